The molecule has 0 aliphatic carbocycles. The van der Waals surface area contributed by atoms with Gasteiger partial charge in [0.1, 0.15) is 11.5 Å². The molecule has 1 aliphatic rings. The fourth-order valence-corrected chi connectivity index (χ4v) is 4.67. The molecule has 0 spiro atoms. The Labute approximate surface area is 123 Å². The Morgan fingerprint density at radius 2 is 2.16 bits per heavy atom. The number of hydrogen-bond donors (Lipinski definition) is 1. The summed E-state index contributed by atoms with van der Waals surface area (Å²) >= 11 is 4.14. The molecular weight excluding hydrogens is 278 g/mol. The Hall–Kier alpha value is -0.520. The van der Waals surface area contributed by atoms with Crippen LogP contribution < -0.4 is 14.8 Å². The summed E-state index contributed by atoms with van der Waals surface area (Å²) in [7, 11) is 3.37. The Morgan fingerprint density at radius 1 is 1.26 bits per heavy atom. The largest absolute Gasteiger partial charge is 0.497 e. The lowest BCUT2D eigenvalue weighted by Gasteiger charge is -2.21. The quantitative estimate of drug-likeness (QED) is 0.872. The van der Waals surface area contributed by atoms with E-state index in [-0.39, 0.29) is 0 Å². The normalized spacial score (nSPS) is 19.2. The third kappa shape index (κ3) is 4.51. The molecular formula is C14H21NO2S2. The molecule has 1 heterocycles. The summed E-state index contributed by atoms with van der Waals surface area (Å²) in [4.78, 5) is 0. The van der Waals surface area contributed by atoms with Crippen LogP contribution in [0.15, 0.2) is 18.2 Å². The van der Waals surface area contributed by atoms with Gasteiger partial charge in [-0.05, 0) is 6.07 Å². The van der Waals surface area contributed by atoms with Crippen LogP contribution in [-0.2, 0) is 6.54 Å². The monoisotopic (exact) mass is 299 g/mol. The van der Waals surface area contributed by atoms with Gasteiger partial charge in [-0.1, -0.05) is 6.07 Å². The molecule has 1 aromatic rings. The molecule has 0 radical (unpaired) electrons. The molecule has 0 aromatic heterocycles. The van der Waals surface area contributed by atoms with E-state index in [0.29, 0.717) is 0 Å². The molecule has 0 saturated carbocycles. The second-order valence-corrected chi connectivity index (χ2v) is 6.93. The lowest BCUT2D eigenvalue weighted by Crippen LogP contribution is -2.28. The number of nitrogens with one attached hydrogen (secondary N) is 1. The van der Waals surface area contributed by atoms with Crippen LogP contribution in [0.1, 0.15) is 5.56 Å². The summed E-state index contributed by atoms with van der Waals surface area (Å²) in [6.45, 7) is 1.90. The highest BCUT2D eigenvalue weighted by Gasteiger charge is 2.14. The number of rotatable bonds is 6. The summed E-state index contributed by atoms with van der Waals surface area (Å²) in [5.41, 5.74) is 1.18. The van der Waals surface area contributed by atoms with Gasteiger partial charge in [0.05, 0.1) is 14.2 Å². The van der Waals surface area contributed by atoms with Gasteiger partial charge in [-0.15, -0.1) is 0 Å². The van der Waals surface area contributed by atoms with Crippen LogP contribution >= 0.6 is 23.5 Å². The average molecular weight is 299 g/mol. The Morgan fingerprint density at radius 3 is 2.84 bits per heavy atom. The van der Waals surface area contributed by atoms with Crippen molar-refractivity contribution in [1.29, 1.82) is 0 Å². The van der Waals surface area contributed by atoms with Gasteiger partial charge < -0.3 is 14.8 Å². The summed E-state index contributed by atoms with van der Waals surface area (Å²) in [6, 6.07) is 5.97. The lowest BCUT2D eigenvalue weighted by molar-refractivity contribution is 0.390. The third-order valence-corrected chi connectivity index (χ3v) is 5.91. The number of hydrogen-bond acceptors (Lipinski definition) is 5. The van der Waals surface area contributed by atoms with E-state index in [1.807, 2.05) is 12.1 Å². The van der Waals surface area contributed by atoms with Gasteiger partial charge in [0.15, 0.2) is 0 Å². The molecule has 1 N–H and O–H groups in total. The Kier molecular flexibility index (Phi) is 6.20. The zero-order valence-corrected chi connectivity index (χ0v) is 13.1. The predicted molar refractivity (Wildman–Crippen MR) is 84.8 cm³/mol. The van der Waals surface area contributed by atoms with Gasteiger partial charge in [-0.2, -0.15) is 23.5 Å². The minimum Gasteiger partial charge on any atom is -0.497 e. The fraction of sp³-hybridized carbons (Fsp3) is 0.571. The van der Waals surface area contributed by atoms with Gasteiger partial charge in [0, 0.05) is 47.2 Å². The minimum atomic E-state index is 0.739. The fourth-order valence-electron chi connectivity index (χ4n) is 2.02. The number of thioether (sulfide) groups is 2. The van der Waals surface area contributed by atoms with E-state index in [2.05, 4.69) is 34.9 Å². The van der Waals surface area contributed by atoms with E-state index in [0.717, 1.165) is 29.8 Å². The van der Waals surface area contributed by atoms with Gasteiger partial charge in [-0.25, -0.2) is 0 Å². The Balaban J connectivity index is 1.84. The first kappa shape index (κ1) is 14.9. The molecule has 19 heavy (non-hydrogen) atoms. The van der Waals surface area contributed by atoms with Crippen molar-refractivity contribution in [3.8, 4) is 11.5 Å². The first-order valence-electron chi connectivity index (χ1n) is 6.44. The van der Waals surface area contributed by atoms with E-state index < -0.39 is 0 Å². The van der Waals surface area contributed by atoms with Gasteiger partial charge >= 0.3 is 0 Å². The molecule has 0 amide bonds. The summed E-state index contributed by atoms with van der Waals surface area (Å²) in [5, 5.41) is 4.27. The van der Waals surface area contributed by atoms with E-state index in [4.69, 9.17) is 9.47 Å². The SMILES string of the molecule is COc1ccc(CNCC2CSCCS2)c(OC)c1. The van der Waals surface area contributed by atoms with Gasteiger partial charge in [-0.3, -0.25) is 0 Å². The van der Waals surface area contributed by atoms with E-state index in [9.17, 15) is 0 Å². The molecule has 1 saturated heterocycles. The highest BCUT2D eigenvalue weighted by molar-refractivity contribution is 8.06. The van der Waals surface area contributed by atoms with E-state index >= 15 is 0 Å². The molecule has 1 unspecified atom stereocenters. The van der Waals surface area contributed by atoms with Crippen molar-refractivity contribution in [3.05, 3.63) is 23.8 Å². The van der Waals surface area contributed by atoms with Crippen molar-refractivity contribution in [2.75, 3.05) is 38.0 Å². The van der Waals surface area contributed by atoms with Gasteiger partial charge in [0.2, 0.25) is 0 Å². The first-order chi connectivity index (χ1) is 9.33. The molecule has 1 fully saturated rings. The smallest absolute Gasteiger partial charge is 0.127 e. The van der Waals surface area contributed by atoms with Crippen LogP contribution in [0.25, 0.3) is 0 Å². The molecule has 106 valence electrons. The van der Waals surface area contributed by atoms with Crippen LogP contribution in [0.4, 0.5) is 0 Å². The van der Waals surface area contributed by atoms with Crippen LogP contribution in [0.3, 0.4) is 0 Å². The van der Waals surface area contributed by atoms with Crippen molar-refractivity contribution in [2.24, 2.45) is 0 Å². The zero-order chi connectivity index (χ0) is 13.5. The maximum absolute atomic E-state index is 5.40. The van der Waals surface area contributed by atoms with Crippen molar-refractivity contribution in [3.63, 3.8) is 0 Å². The lowest BCUT2D eigenvalue weighted by atomic mass is 10.2. The van der Waals surface area contributed by atoms with Crippen LogP contribution in [0, 0.1) is 0 Å². The van der Waals surface area contributed by atoms with Crippen LogP contribution in [0.2, 0.25) is 0 Å². The van der Waals surface area contributed by atoms with Crippen LogP contribution in [-0.4, -0.2) is 43.3 Å². The average Bonchev–Trinajstić information content (AvgIpc) is 2.48. The second-order valence-electron chi connectivity index (χ2n) is 4.38. The maximum Gasteiger partial charge on any atom is 0.127 e. The topological polar surface area (TPSA) is 30.5 Å². The van der Waals surface area contributed by atoms with Crippen LogP contribution in [0.5, 0.6) is 11.5 Å². The van der Waals surface area contributed by atoms with Crippen molar-refractivity contribution in [1.82, 2.24) is 5.32 Å². The molecule has 1 aromatic carbocycles. The number of ether oxygens (including phenoxy) is 2. The number of methoxy groups -OCH3 is 2. The molecule has 1 aliphatic heterocycles. The van der Waals surface area contributed by atoms with Crippen molar-refractivity contribution >= 4 is 23.5 Å². The van der Waals surface area contributed by atoms with E-state index in [1.165, 1.54) is 22.8 Å². The van der Waals surface area contributed by atoms with Crippen molar-refractivity contribution < 1.29 is 9.47 Å². The van der Waals surface area contributed by atoms with Crippen molar-refractivity contribution in [2.45, 2.75) is 11.8 Å². The minimum absolute atomic E-state index is 0.739. The second kappa shape index (κ2) is 7.92. The summed E-state index contributed by atoms with van der Waals surface area (Å²) in [5.74, 6) is 5.56. The standard InChI is InChI=1S/C14H21NO2S2/c1-16-12-4-3-11(14(7-12)17-2)8-15-9-13-10-18-5-6-19-13/h3-4,7,13,15H,5-6,8-10H2,1-2H3. The predicted octanol–water partition coefficient (Wildman–Crippen LogP) is 2.64. The summed E-state index contributed by atoms with van der Waals surface area (Å²) in [6.07, 6.45) is 0. The molecule has 3 nitrogen and oxygen atoms in total. The highest BCUT2D eigenvalue weighted by atomic mass is 32.2. The van der Waals surface area contributed by atoms with E-state index in [1.54, 1.807) is 14.2 Å². The molecule has 1 atom stereocenters. The Bertz CT molecular complexity index is 395. The highest BCUT2D eigenvalue weighted by Crippen LogP contribution is 2.25. The molecule has 2 rings (SSSR count). The third-order valence-electron chi connectivity index (χ3n) is 3.07. The maximum atomic E-state index is 5.40. The molecule has 0 bridgehead atoms. The van der Waals surface area contributed by atoms with Gasteiger partial charge in [0.25, 0.3) is 0 Å². The zero-order valence-electron chi connectivity index (χ0n) is 11.5. The number of benzene rings is 1. The first-order valence-corrected chi connectivity index (χ1v) is 8.65. The molecule has 5 heteroatoms. The summed E-state index contributed by atoms with van der Waals surface area (Å²) < 4.78 is 10.6.